The largest absolute Gasteiger partial charge is 0.371 e. The number of nitrogens with one attached hydrogen (secondary N) is 1. The van der Waals surface area contributed by atoms with Crippen LogP contribution in [0.25, 0.3) is 0 Å². The molecule has 1 aliphatic heterocycles. The fraction of sp³-hybridized carbons (Fsp3) is 0.360. The number of allylic oxidation sites excluding steroid dienone is 5. The molecule has 0 bridgehead atoms. The number of nitrogens with zero attached hydrogens (tertiary/aromatic N) is 2. The lowest BCUT2D eigenvalue weighted by Crippen LogP contribution is -2.37. The molecule has 0 aromatic heterocycles. The molecule has 0 aliphatic carbocycles. The van der Waals surface area contributed by atoms with Gasteiger partial charge in [-0.3, -0.25) is 5.01 Å². The molecule has 0 radical (unpaired) electrons. The highest BCUT2D eigenvalue weighted by Gasteiger charge is 2.18. The Labute approximate surface area is 175 Å². The van der Waals surface area contributed by atoms with Crippen LogP contribution in [0.4, 0.5) is 4.39 Å². The van der Waals surface area contributed by atoms with Gasteiger partial charge in [-0.25, -0.2) is 9.82 Å². The Hall–Kier alpha value is -2.59. The molecule has 3 nitrogen and oxygen atoms in total. The van der Waals surface area contributed by atoms with Crippen LogP contribution in [0.2, 0.25) is 0 Å². The number of halogens is 1. The standard InChI is InChI=1S/C25H34FN3/c1-8-9-11-23(22(7)28-14-10-15-28)17-29(21(6)18(2)3)27-16-24-19(4)12-13-25(26)20(24)5/h8-9,11-13,17,27H,1,7,10,14-16H2,2-6H3/b11-9-,23-17+. The van der Waals surface area contributed by atoms with Gasteiger partial charge in [0.15, 0.2) is 0 Å². The van der Waals surface area contributed by atoms with E-state index < -0.39 is 0 Å². The average Bonchev–Trinajstić information content (AvgIpc) is 2.64. The van der Waals surface area contributed by atoms with Crippen LogP contribution in [-0.2, 0) is 6.54 Å². The molecule has 0 unspecified atom stereocenters. The van der Waals surface area contributed by atoms with Gasteiger partial charge < -0.3 is 4.90 Å². The molecule has 1 fully saturated rings. The third-order valence-electron chi connectivity index (χ3n) is 5.53. The Balaban J connectivity index is 2.36. The van der Waals surface area contributed by atoms with Crippen LogP contribution in [0.5, 0.6) is 0 Å². The van der Waals surface area contributed by atoms with Crippen LogP contribution in [0.3, 0.4) is 0 Å². The van der Waals surface area contributed by atoms with Gasteiger partial charge >= 0.3 is 0 Å². The Kier molecular flexibility index (Phi) is 8.03. The van der Waals surface area contributed by atoms with Gasteiger partial charge in [-0.15, -0.1) is 0 Å². The second kappa shape index (κ2) is 10.3. The zero-order valence-electron chi connectivity index (χ0n) is 18.5. The number of aryl methyl sites for hydroxylation is 1. The molecule has 1 N–H and O–H groups in total. The van der Waals surface area contributed by atoms with Gasteiger partial charge in [0.25, 0.3) is 0 Å². The van der Waals surface area contributed by atoms with Crippen molar-refractivity contribution in [1.29, 1.82) is 0 Å². The number of hydrazine groups is 1. The Morgan fingerprint density at radius 1 is 1.24 bits per heavy atom. The van der Waals surface area contributed by atoms with E-state index in [1.165, 1.54) is 18.1 Å². The normalized spacial score (nSPS) is 14.0. The first kappa shape index (κ1) is 22.7. The van der Waals surface area contributed by atoms with Crippen molar-refractivity contribution in [2.45, 2.75) is 47.6 Å². The zero-order valence-corrected chi connectivity index (χ0v) is 18.5. The first-order valence-corrected chi connectivity index (χ1v) is 10.1. The summed E-state index contributed by atoms with van der Waals surface area (Å²) in [7, 11) is 0. The minimum atomic E-state index is -0.172. The summed E-state index contributed by atoms with van der Waals surface area (Å²) in [6.07, 6.45) is 8.98. The number of likely N-dealkylation sites (tertiary alicyclic amines) is 1. The molecule has 1 aliphatic rings. The van der Waals surface area contributed by atoms with Crippen LogP contribution in [-0.4, -0.2) is 23.0 Å². The Morgan fingerprint density at radius 3 is 2.48 bits per heavy atom. The molecular formula is C25H34FN3. The highest BCUT2D eigenvalue weighted by Crippen LogP contribution is 2.23. The van der Waals surface area contributed by atoms with E-state index in [-0.39, 0.29) is 5.82 Å². The number of rotatable bonds is 9. The number of hydrogen-bond acceptors (Lipinski definition) is 3. The van der Waals surface area contributed by atoms with Crippen molar-refractivity contribution in [3.8, 4) is 0 Å². The highest BCUT2D eigenvalue weighted by atomic mass is 19.1. The highest BCUT2D eigenvalue weighted by molar-refractivity contribution is 5.39. The van der Waals surface area contributed by atoms with Gasteiger partial charge in [0.1, 0.15) is 5.82 Å². The maximum Gasteiger partial charge on any atom is 0.126 e. The van der Waals surface area contributed by atoms with Crippen LogP contribution < -0.4 is 5.43 Å². The molecule has 2 rings (SSSR count). The minimum Gasteiger partial charge on any atom is -0.371 e. The smallest absolute Gasteiger partial charge is 0.126 e. The first-order valence-electron chi connectivity index (χ1n) is 10.1. The third kappa shape index (κ3) is 5.70. The van der Waals surface area contributed by atoms with Gasteiger partial charge in [-0.05, 0) is 63.8 Å². The van der Waals surface area contributed by atoms with Crippen LogP contribution in [0.1, 0.15) is 43.9 Å². The summed E-state index contributed by atoms with van der Waals surface area (Å²) in [5.74, 6) is -0.172. The molecule has 29 heavy (non-hydrogen) atoms. The van der Waals surface area contributed by atoms with Gasteiger partial charge in [-0.2, -0.15) is 0 Å². The van der Waals surface area contributed by atoms with E-state index in [1.54, 1.807) is 6.08 Å². The molecule has 0 amide bonds. The van der Waals surface area contributed by atoms with Crippen molar-refractivity contribution in [1.82, 2.24) is 15.3 Å². The van der Waals surface area contributed by atoms with Crippen LogP contribution in [0, 0.1) is 19.7 Å². The third-order valence-corrected chi connectivity index (χ3v) is 5.53. The number of hydrogen-bond donors (Lipinski definition) is 1. The molecule has 0 saturated carbocycles. The monoisotopic (exact) mass is 395 g/mol. The quantitative estimate of drug-likeness (QED) is 0.414. The lowest BCUT2D eigenvalue weighted by molar-refractivity contribution is 0.243. The van der Waals surface area contributed by atoms with E-state index in [0.29, 0.717) is 12.1 Å². The molecule has 1 saturated heterocycles. The van der Waals surface area contributed by atoms with E-state index in [1.807, 2.05) is 37.1 Å². The molecule has 4 heteroatoms. The summed E-state index contributed by atoms with van der Waals surface area (Å²) in [6.45, 7) is 20.8. The fourth-order valence-corrected chi connectivity index (χ4v) is 3.10. The summed E-state index contributed by atoms with van der Waals surface area (Å²) >= 11 is 0. The maximum absolute atomic E-state index is 14.1. The number of benzene rings is 1. The molecule has 156 valence electrons. The summed E-state index contributed by atoms with van der Waals surface area (Å²) in [6, 6.07) is 3.36. The summed E-state index contributed by atoms with van der Waals surface area (Å²) in [4.78, 5) is 2.27. The van der Waals surface area contributed by atoms with Crippen LogP contribution in [0.15, 0.2) is 72.3 Å². The Morgan fingerprint density at radius 2 is 1.93 bits per heavy atom. The topological polar surface area (TPSA) is 18.5 Å². The second-order valence-corrected chi connectivity index (χ2v) is 7.72. The Bertz CT molecular complexity index is 853. The maximum atomic E-state index is 14.1. The van der Waals surface area contributed by atoms with E-state index in [2.05, 4.69) is 50.5 Å². The molecule has 1 aromatic carbocycles. The summed E-state index contributed by atoms with van der Waals surface area (Å²) < 4.78 is 14.1. The van der Waals surface area contributed by atoms with Crippen molar-refractivity contribution in [3.05, 3.63) is 94.8 Å². The van der Waals surface area contributed by atoms with E-state index >= 15 is 0 Å². The van der Waals surface area contributed by atoms with Gasteiger partial charge in [0.2, 0.25) is 0 Å². The molecular weight excluding hydrogens is 361 g/mol. The van der Waals surface area contributed by atoms with E-state index in [0.717, 1.165) is 41.2 Å². The minimum absolute atomic E-state index is 0.172. The van der Waals surface area contributed by atoms with Crippen molar-refractivity contribution in [2.24, 2.45) is 0 Å². The second-order valence-electron chi connectivity index (χ2n) is 7.72. The molecule has 1 heterocycles. The van der Waals surface area contributed by atoms with Crippen molar-refractivity contribution in [3.63, 3.8) is 0 Å². The van der Waals surface area contributed by atoms with Crippen molar-refractivity contribution in [2.75, 3.05) is 13.1 Å². The average molecular weight is 396 g/mol. The molecule has 0 spiro atoms. The van der Waals surface area contributed by atoms with Crippen molar-refractivity contribution >= 4 is 0 Å². The first-order chi connectivity index (χ1) is 13.8. The van der Waals surface area contributed by atoms with Gasteiger partial charge in [0.05, 0.1) is 0 Å². The molecule has 1 aromatic rings. The predicted molar refractivity (Wildman–Crippen MR) is 121 cm³/mol. The fourth-order valence-electron chi connectivity index (χ4n) is 3.10. The molecule has 0 atom stereocenters. The van der Waals surface area contributed by atoms with Crippen LogP contribution >= 0.6 is 0 Å². The van der Waals surface area contributed by atoms with E-state index in [4.69, 9.17) is 0 Å². The summed E-state index contributed by atoms with van der Waals surface area (Å²) in [5, 5.41) is 2.02. The van der Waals surface area contributed by atoms with Gasteiger partial charge in [-0.1, -0.05) is 43.0 Å². The SMILES string of the molecule is C=C/C=C\C(=C/N(NCc1c(C)ccc(F)c1C)C(C)=C(C)C)C(=C)N1CCC1. The predicted octanol–water partition coefficient (Wildman–Crippen LogP) is 5.91. The summed E-state index contributed by atoms with van der Waals surface area (Å²) in [5.41, 5.74) is 10.5. The lowest BCUT2D eigenvalue weighted by atomic mass is 10.0. The zero-order chi connectivity index (χ0) is 21.6. The van der Waals surface area contributed by atoms with E-state index in [9.17, 15) is 4.39 Å². The van der Waals surface area contributed by atoms with Gasteiger partial charge in [0, 0.05) is 42.8 Å². The van der Waals surface area contributed by atoms with Crippen molar-refractivity contribution < 1.29 is 4.39 Å². The lowest BCUT2D eigenvalue weighted by Gasteiger charge is -2.36.